The fourth-order valence-corrected chi connectivity index (χ4v) is 2.72. The predicted molar refractivity (Wildman–Crippen MR) is 108 cm³/mol. The van der Waals surface area contributed by atoms with Gasteiger partial charge in [-0.1, -0.05) is 32.0 Å². The Labute approximate surface area is 155 Å². The molecule has 26 heavy (non-hydrogen) atoms. The van der Waals surface area contributed by atoms with Crippen LogP contribution in [0.15, 0.2) is 42.5 Å². The number of nitrogens with zero attached hydrogens (tertiary/aromatic N) is 1. The van der Waals surface area contributed by atoms with Crippen molar-refractivity contribution in [3.05, 3.63) is 53.6 Å². The van der Waals surface area contributed by atoms with Crippen molar-refractivity contribution in [2.75, 3.05) is 29.6 Å². The Morgan fingerprint density at radius 2 is 1.58 bits per heavy atom. The Bertz CT molecular complexity index is 780. The summed E-state index contributed by atoms with van der Waals surface area (Å²) < 4.78 is 0. The highest BCUT2D eigenvalue weighted by atomic mass is 16.2. The maximum Gasteiger partial charge on any atom is 0.233 e. The van der Waals surface area contributed by atoms with Crippen molar-refractivity contribution < 1.29 is 9.59 Å². The van der Waals surface area contributed by atoms with E-state index in [2.05, 4.69) is 24.5 Å². The van der Waals surface area contributed by atoms with Crippen molar-refractivity contribution in [3.63, 3.8) is 0 Å². The van der Waals surface area contributed by atoms with Gasteiger partial charge in [0.2, 0.25) is 11.8 Å². The summed E-state index contributed by atoms with van der Waals surface area (Å²) in [5.41, 5.74) is 4.58. The normalized spacial score (nSPS) is 10.5. The van der Waals surface area contributed by atoms with Crippen molar-refractivity contribution in [2.24, 2.45) is 0 Å². The fraction of sp³-hybridized carbons (Fsp3) is 0.333. The molecule has 2 aromatic rings. The molecule has 0 heterocycles. The Morgan fingerprint density at radius 1 is 0.962 bits per heavy atom. The van der Waals surface area contributed by atoms with E-state index < -0.39 is 0 Å². The average Bonchev–Trinajstić information content (AvgIpc) is 2.56. The van der Waals surface area contributed by atoms with Gasteiger partial charge in [-0.2, -0.15) is 0 Å². The Balaban J connectivity index is 1.99. The Kier molecular flexibility index (Phi) is 6.39. The van der Waals surface area contributed by atoms with E-state index in [0.717, 1.165) is 22.5 Å². The number of carbonyl (C=O) groups is 2. The van der Waals surface area contributed by atoms with E-state index in [9.17, 15) is 9.59 Å². The summed E-state index contributed by atoms with van der Waals surface area (Å²) in [5.74, 6) is -0.363. The number of amides is 2. The van der Waals surface area contributed by atoms with Crippen LogP contribution in [-0.2, 0) is 9.59 Å². The molecule has 0 aliphatic heterocycles. The second-order valence-corrected chi connectivity index (χ2v) is 6.91. The largest absolute Gasteiger partial charge is 0.378 e. The average molecular weight is 353 g/mol. The number of anilines is 3. The number of nitrogens with one attached hydrogen (secondary N) is 2. The monoisotopic (exact) mass is 353 g/mol. The number of aryl methyl sites for hydroxylation is 1. The summed E-state index contributed by atoms with van der Waals surface area (Å²) in [6.45, 7) is 6.11. The van der Waals surface area contributed by atoms with Crippen LogP contribution in [0.3, 0.4) is 0 Å². The summed E-state index contributed by atoms with van der Waals surface area (Å²) in [5, 5.41) is 5.65. The van der Waals surface area contributed by atoms with Gasteiger partial charge in [0, 0.05) is 31.2 Å². The third kappa shape index (κ3) is 5.09. The number of benzene rings is 2. The van der Waals surface area contributed by atoms with Crippen LogP contribution in [-0.4, -0.2) is 25.9 Å². The standard InChI is InChI=1S/C21H27N3O2/c1-14(2)18-8-6-7-15(3)21(18)23-20(26)13-19(25)22-16-9-11-17(12-10-16)24(4)5/h6-12,14H,13H2,1-5H3,(H,22,25)(H,23,26). The molecule has 0 atom stereocenters. The predicted octanol–water partition coefficient (Wildman–Crippen LogP) is 4.15. The Hall–Kier alpha value is -2.82. The molecule has 5 heteroatoms. The molecule has 0 radical (unpaired) electrons. The van der Waals surface area contributed by atoms with E-state index >= 15 is 0 Å². The van der Waals surface area contributed by atoms with Gasteiger partial charge in [0.15, 0.2) is 0 Å². The molecule has 5 nitrogen and oxygen atoms in total. The van der Waals surface area contributed by atoms with Crippen LogP contribution >= 0.6 is 0 Å². The summed E-state index contributed by atoms with van der Waals surface area (Å²) in [6.07, 6.45) is -0.221. The van der Waals surface area contributed by atoms with Crippen LogP contribution < -0.4 is 15.5 Å². The molecule has 0 spiro atoms. The molecule has 2 rings (SSSR count). The zero-order valence-electron chi connectivity index (χ0n) is 16.1. The molecule has 0 unspecified atom stereocenters. The highest BCUT2D eigenvalue weighted by molar-refractivity contribution is 6.08. The van der Waals surface area contributed by atoms with Crippen molar-refractivity contribution in [2.45, 2.75) is 33.1 Å². The van der Waals surface area contributed by atoms with Gasteiger partial charge in [-0.15, -0.1) is 0 Å². The molecule has 2 N–H and O–H groups in total. The third-order valence-corrected chi connectivity index (χ3v) is 4.18. The Morgan fingerprint density at radius 3 is 2.15 bits per heavy atom. The SMILES string of the molecule is Cc1cccc(C(C)C)c1NC(=O)CC(=O)Nc1ccc(N(C)C)cc1. The van der Waals surface area contributed by atoms with E-state index in [-0.39, 0.29) is 24.2 Å². The topological polar surface area (TPSA) is 61.4 Å². The number of carbonyl (C=O) groups excluding carboxylic acids is 2. The summed E-state index contributed by atoms with van der Waals surface area (Å²) in [7, 11) is 3.91. The summed E-state index contributed by atoms with van der Waals surface area (Å²) >= 11 is 0. The van der Waals surface area contributed by atoms with Crippen LogP contribution in [0.1, 0.15) is 37.3 Å². The van der Waals surface area contributed by atoms with Gasteiger partial charge in [0.25, 0.3) is 0 Å². The van der Waals surface area contributed by atoms with Gasteiger partial charge in [-0.25, -0.2) is 0 Å². The maximum absolute atomic E-state index is 12.3. The molecule has 2 amide bonds. The van der Waals surface area contributed by atoms with Crippen LogP contribution in [0.25, 0.3) is 0 Å². The molecular weight excluding hydrogens is 326 g/mol. The second-order valence-electron chi connectivity index (χ2n) is 6.91. The quantitative estimate of drug-likeness (QED) is 0.767. The van der Waals surface area contributed by atoms with Crippen molar-refractivity contribution in [1.82, 2.24) is 0 Å². The molecular formula is C21H27N3O2. The zero-order chi connectivity index (χ0) is 19.3. The van der Waals surface area contributed by atoms with Crippen LogP contribution in [0.4, 0.5) is 17.1 Å². The van der Waals surface area contributed by atoms with Crippen LogP contribution in [0.2, 0.25) is 0 Å². The fourth-order valence-electron chi connectivity index (χ4n) is 2.72. The lowest BCUT2D eigenvalue weighted by atomic mass is 9.98. The van der Waals surface area contributed by atoms with Crippen LogP contribution in [0.5, 0.6) is 0 Å². The molecule has 0 saturated heterocycles. The van der Waals surface area contributed by atoms with E-state index in [1.54, 1.807) is 0 Å². The molecule has 0 fully saturated rings. The third-order valence-electron chi connectivity index (χ3n) is 4.18. The molecule has 0 aromatic heterocycles. The first-order chi connectivity index (χ1) is 12.3. The molecule has 138 valence electrons. The lowest BCUT2D eigenvalue weighted by Gasteiger charge is -2.16. The summed E-state index contributed by atoms with van der Waals surface area (Å²) in [6, 6.07) is 13.4. The van der Waals surface area contributed by atoms with Crippen molar-refractivity contribution >= 4 is 28.9 Å². The zero-order valence-corrected chi connectivity index (χ0v) is 16.1. The van der Waals surface area contributed by atoms with E-state index in [0.29, 0.717) is 5.69 Å². The number of hydrogen-bond acceptors (Lipinski definition) is 3. The molecule has 2 aromatic carbocycles. The second kappa shape index (κ2) is 8.52. The van der Waals surface area contributed by atoms with E-state index in [1.807, 2.05) is 68.4 Å². The smallest absolute Gasteiger partial charge is 0.233 e. The number of hydrogen-bond donors (Lipinski definition) is 2. The minimum absolute atomic E-state index is 0.221. The first kappa shape index (κ1) is 19.5. The molecule has 0 saturated carbocycles. The van der Waals surface area contributed by atoms with Gasteiger partial charge in [0.1, 0.15) is 6.42 Å². The van der Waals surface area contributed by atoms with E-state index in [1.165, 1.54) is 0 Å². The highest BCUT2D eigenvalue weighted by Gasteiger charge is 2.15. The van der Waals surface area contributed by atoms with Crippen molar-refractivity contribution in [1.29, 1.82) is 0 Å². The first-order valence-electron chi connectivity index (χ1n) is 8.74. The van der Waals surface area contributed by atoms with Crippen molar-refractivity contribution in [3.8, 4) is 0 Å². The van der Waals surface area contributed by atoms with E-state index in [4.69, 9.17) is 0 Å². The molecule has 0 aliphatic rings. The lowest BCUT2D eigenvalue weighted by molar-refractivity contribution is -0.123. The molecule has 0 bridgehead atoms. The van der Waals surface area contributed by atoms with Gasteiger partial charge >= 0.3 is 0 Å². The van der Waals surface area contributed by atoms with Gasteiger partial charge in [-0.05, 0) is 48.2 Å². The number of rotatable bonds is 6. The first-order valence-corrected chi connectivity index (χ1v) is 8.74. The number of para-hydroxylation sites is 1. The highest BCUT2D eigenvalue weighted by Crippen LogP contribution is 2.27. The minimum Gasteiger partial charge on any atom is -0.378 e. The maximum atomic E-state index is 12.3. The lowest BCUT2D eigenvalue weighted by Crippen LogP contribution is -2.22. The van der Waals surface area contributed by atoms with Gasteiger partial charge in [-0.3, -0.25) is 9.59 Å². The minimum atomic E-state index is -0.334. The summed E-state index contributed by atoms with van der Waals surface area (Å²) in [4.78, 5) is 26.4. The molecule has 0 aliphatic carbocycles. The van der Waals surface area contributed by atoms with Gasteiger partial charge < -0.3 is 15.5 Å². The van der Waals surface area contributed by atoms with Crippen LogP contribution in [0, 0.1) is 6.92 Å². The van der Waals surface area contributed by atoms with Gasteiger partial charge in [0.05, 0.1) is 0 Å².